The normalized spacial score (nSPS) is 16.3. The van der Waals surface area contributed by atoms with E-state index in [1.807, 2.05) is 36.9 Å². The van der Waals surface area contributed by atoms with Crippen LogP contribution in [0.25, 0.3) is 5.69 Å². The summed E-state index contributed by atoms with van der Waals surface area (Å²) in [5.74, 6) is 0. The molecule has 1 N–H and O–H groups in total. The number of carbonyl (C=O) groups excluding carboxylic acids is 1. The molecular formula is C20H21N3OS. The lowest BCUT2D eigenvalue weighted by atomic mass is 10.1. The van der Waals surface area contributed by atoms with Crippen molar-refractivity contribution >= 4 is 17.4 Å². The first-order chi connectivity index (χ1) is 12.1. The molecule has 4 rings (SSSR count). The van der Waals surface area contributed by atoms with Gasteiger partial charge in [-0.2, -0.15) is 0 Å². The highest BCUT2D eigenvalue weighted by atomic mass is 32.1. The van der Waals surface area contributed by atoms with Crippen molar-refractivity contribution in [1.29, 1.82) is 0 Å². The number of amides is 2. The molecule has 1 atom stereocenters. The van der Waals surface area contributed by atoms with E-state index in [1.54, 1.807) is 11.3 Å². The van der Waals surface area contributed by atoms with Crippen molar-refractivity contribution < 1.29 is 4.79 Å². The largest absolute Gasteiger partial charge is 0.336 e. The molecule has 128 valence electrons. The maximum absolute atomic E-state index is 13.0. The first-order valence-corrected chi connectivity index (χ1v) is 9.39. The van der Waals surface area contributed by atoms with Crippen LogP contribution in [0.3, 0.4) is 0 Å². The van der Waals surface area contributed by atoms with Gasteiger partial charge in [0.15, 0.2) is 0 Å². The van der Waals surface area contributed by atoms with Gasteiger partial charge in [0.05, 0.1) is 17.9 Å². The van der Waals surface area contributed by atoms with Gasteiger partial charge in [0.1, 0.15) is 6.04 Å². The summed E-state index contributed by atoms with van der Waals surface area (Å²) in [7, 11) is 0. The molecule has 1 aliphatic heterocycles. The zero-order chi connectivity index (χ0) is 17.4. The van der Waals surface area contributed by atoms with Crippen molar-refractivity contribution in [3.05, 3.63) is 76.2 Å². The fourth-order valence-electron chi connectivity index (χ4n) is 3.42. The lowest BCUT2D eigenvalue weighted by molar-refractivity contribution is 0.179. The third kappa shape index (κ3) is 2.85. The molecule has 0 aliphatic carbocycles. The predicted octanol–water partition coefficient (Wildman–Crippen LogP) is 4.56. The number of rotatable bonds is 2. The minimum Gasteiger partial charge on any atom is -0.336 e. The summed E-state index contributed by atoms with van der Waals surface area (Å²) in [4.78, 5) is 16.1. The molecule has 2 amide bonds. The Morgan fingerprint density at radius 3 is 2.76 bits per heavy atom. The number of benzene rings is 1. The molecule has 5 heteroatoms. The number of hydrogen-bond acceptors (Lipinski definition) is 2. The standard InChI is InChI=1S/C20H21N3OS/c1-14(2)21-20(24)23-13-15-7-3-4-8-16(15)22-11-5-9-17(22)19(23)18-10-6-12-25-18/h3-12,14,19H,13H2,1-2H3,(H,21,24). The summed E-state index contributed by atoms with van der Waals surface area (Å²) in [5.41, 5.74) is 3.41. The third-order valence-corrected chi connectivity index (χ3v) is 5.37. The van der Waals surface area contributed by atoms with Crippen LogP contribution in [0, 0.1) is 0 Å². The Morgan fingerprint density at radius 1 is 1.16 bits per heavy atom. The average molecular weight is 351 g/mol. The number of aromatic nitrogens is 1. The van der Waals surface area contributed by atoms with E-state index in [4.69, 9.17) is 0 Å². The van der Waals surface area contributed by atoms with Gasteiger partial charge in [0, 0.05) is 17.1 Å². The van der Waals surface area contributed by atoms with Gasteiger partial charge in [-0.3, -0.25) is 0 Å². The lowest BCUT2D eigenvalue weighted by Crippen LogP contribution is -2.44. The summed E-state index contributed by atoms with van der Waals surface area (Å²) < 4.78 is 2.21. The van der Waals surface area contributed by atoms with Gasteiger partial charge in [-0.25, -0.2) is 4.79 Å². The van der Waals surface area contributed by atoms with Crippen LogP contribution in [0.5, 0.6) is 0 Å². The van der Waals surface area contributed by atoms with E-state index < -0.39 is 0 Å². The number of hydrogen-bond donors (Lipinski definition) is 1. The van der Waals surface area contributed by atoms with Crippen molar-refractivity contribution in [2.45, 2.75) is 32.5 Å². The van der Waals surface area contributed by atoms with Crippen LogP contribution in [0.4, 0.5) is 4.79 Å². The van der Waals surface area contributed by atoms with E-state index in [-0.39, 0.29) is 18.1 Å². The molecule has 0 spiro atoms. The van der Waals surface area contributed by atoms with Crippen molar-refractivity contribution in [3.63, 3.8) is 0 Å². The molecular weight excluding hydrogens is 330 g/mol. The van der Waals surface area contributed by atoms with Crippen molar-refractivity contribution in [3.8, 4) is 5.69 Å². The smallest absolute Gasteiger partial charge is 0.318 e. The average Bonchev–Trinajstić information content (AvgIpc) is 3.25. The Bertz CT molecular complexity index is 882. The quantitative estimate of drug-likeness (QED) is 0.722. The predicted molar refractivity (Wildman–Crippen MR) is 101 cm³/mol. The van der Waals surface area contributed by atoms with E-state index >= 15 is 0 Å². The first kappa shape index (κ1) is 16.0. The van der Waals surface area contributed by atoms with E-state index in [1.165, 1.54) is 4.88 Å². The summed E-state index contributed by atoms with van der Waals surface area (Å²) in [6.07, 6.45) is 2.08. The Balaban J connectivity index is 1.89. The molecule has 0 saturated heterocycles. The lowest BCUT2D eigenvalue weighted by Gasteiger charge is -2.30. The Morgan fingerprint density at radius 2 is 2.00 bits per heavy atom. The van der Waals surface area contributed by atoms with Gasteiger partial charge in [-0.15, -0.1) is 11.3 Å². The Labute approximate surface area is 151 Å². The van der Waals surface area contributed by atoms with E-state index in [2.05, 4.69) is 51.8 Å². The second-order valence-electron chi connectivity index (χ2n) is 6.58. The number of nitrogens with one attached hydrogen (secondary N) is 1. The number of para-hydroxylation sites is 1. The first-order valence-electron chi connectivity index (χ1n) is 8.51. The van der Waals surface area contributed by atoms with Crippen molar-refractivity contribution in [1.82, 2.24) is 14.8 Å². The molecule has 25 heavy (non-hydrogen) atoms. The Kier molecular flexibility index (Phi) is 4.09. The molecule has 2 aromatic heterocycles. The second kappa shape index (κ2) is 6.41. The Hall–Kier alpha value is -2.53. The van der Waals surface area contributed by atoms with Crippen LogP contribution in [-0.4, -0.2) is 21.5 Å². The second-order valence-corrected chi connectivity index (χ2v) is 7.56. The third-order valence-electron chi connectivity index (χ3n) is 4.45. The van der Waals surface area contributed by atoms with Crippen LogP contribution < -0.4 is 5.32 Å². The topological polar surface area (TPSA) is 37.3 Å². The SMILES string of the molecule is CC(C)NC(=O)N1Cc2ccccc2-n2cccc2C1c1cccs1. The molecule has 0 saturated carbocycles. The zero-order valence-electron chi connectivity index (χ0n) is 14.3. The maximum atomic E-state index is 13.0. The van der Waals surface area contributed by atoms with Crippen LogP contribution in [0.1, 0.15) is 36.0 Å². The zero-order valence-corrected chi connectivity index (χ0v) is 15.2. The van der Waals surface area contributed by atoms with Gasteiger partial charge in [0.2, 0.25) is 0 Å². The number of nitrogens with zero attached hydrogens (tertiary/aromatic N) is 2. The highest BCUT2D eigenvalue weighted by molar-refractivity contribution is 7.10. The van der Waals surface area contributed by atoms with E-state index in [0.717, 1.165) is 16.9 Å². The monoisotopic (exact) mass is 351 g/mol. The van der Waals surface area contributed by atoms with E-state index in [0.29, 0.717) is 6.54 Å². The van der Waals surface area contributed by atoms with Gasteiger partial charge in [-0.1, -0.05) is 24.3 Å². The summed E-state index contributed by atoms with van der Waals surface area (Å²) in [6.45, 7) is 4.57. The molecule has 4 nitrogen and oxygen atoms in total. The van der Waals surface area contributed by atoms with E-state index in [9.17, 15) is 4.79 Å². The van der Waals surface area contributed by atoms with Gasteiger partial charge < -0.3 is 14.8 Å². The van der Waals surface area contributed by atoms with Crippen LogP contribution >= 0.6 is 11.3 Å². The number of carbonyl (C=O) groups is 1. The van der Waals surface area contributed by atoms with Gasteiger partial charge in [0.25, 0.3) is 0 Å². The van der Waals surface area contributed by atoms with Gasteiger partial charge in [-0.05, 0) is 49.1 Å². The number of urea groups is 1. The molecule has 0 bridgehead atoms. The van der Waals surface area contributed by atoms with Crippen molar-refractivity contribution in [2.24, 2.45) is 0 Å². The number of thiophene rings is 1. The van der Waals surface area contributed by atoms with Crippen LogP contribution in [-0.2, 0) is 6.54 Å². The maximum Gasteiger partial charge on any atom is 0.318 e. The molecule has 1 aromatic carbocycles. The van der Waals surface area contributed by atoms with Crippen molar-refractivity contribution in [2.75, 3.05) is 0 Å². The minimum absolute atomic E-state index is 0.0298. The van der Waals surface area contributed by atoms with Crippen LogP contribution in [0.15, 0.2) is 60.1 Å². The summed E-state index contributed by atoms with van der Waals surface area (Å²) >= 11 is 1.69. The molecule has 0 radical (unpaired) electrons. The van der Waals surface area contributed by atoms with Gasteiger partial charge >= 0.3 is 6.03 Å². The fraction of sp³-hybridized carbons (Fsp3) is 0.250. The highest BCUT2D eigenvalue weighted by Crippen LogP contribution is 2.38. The fourth-order valence-corrected chi connectivity index (χ4v) is 4.26. The molecule has 3 aromatic rings. The molecule has 1 unspecified atom stereocenters. The molecule has 1 aliphatic rings. The highest BCUT2D eigenvalue weighted by Gasteiger charge is 2.33. The minimum atomic E-state index is -0.0962. The molecule has 3 heterocycles. The summed E-state index contributed by atoms with van der Waals surface area (Å²) in [6, 6.07) is 16.6. The summed E-state index contributed by atoms with van der Waals surface area (Å²) in [5, 5.41) is 5.14. The number of fused-ring (bicyclic) bond motifs is 3. The van der Waals surface area contributed by atoms with Crippen LogP contribution in [0.2, 0.25) is 0 Å². The molecule has 0 fully saturated rings.